The standard InChI is InChI=1S/C22H21F3N2O4S/c1-29-18-8-5-15(9-19(18)30-2)21-27-16(12-32-21)10-20(28)26-11-14-3-6-17(7-4-14)31-13-22(23,24)25/h3-9,12H,10-11,13H2,1-2H3,(H,26,28). The van der Waals surface area contributed by atoms with E-state index in [9.17, 15) is 18.0 Å². The van der Waals surface area contributed by atoms with Gasteiger partial charge in [-0.1, -0.05) is 12.1 Å². The minimum atomic E-state index is -4.39. The highest BCUT2D eigenvalue weighted by atomic mass is 32.1. The number of carbonyl (C=O) groups excluding carboxylic acids is 1. The van der Waals surface area contributed by atoms with E-state index in [0.29, 0.717) is 17.2 Å². The molecule has 32 heavy (non-hydrogen) atoms. The fourth-order valence-corrected chi connectivity index (χ4v) is 3.60. The molecule has 1 N–H and O–H groups in total. The van der Waals surface area contributed by atoms with E-state index in [1.165, 1.54) is 23.5 Å². The molecule has 170 valence electrons. The molecule has 0 aliphatic rings. The first-order valence-corrected chi connectivity index (χ1v) is 10.4. The summed E-state index contributed by atoms with van der Waals surface area (Å²) in [5.74, 6) is 1.11. The van der Waals surface area contributed by atoms with Crippen molar-refractivity contribution in [3.05, 3.63) is 59.1 Å². The molecule has 0 atom stereocenters. The summed E-state index contributed by atoms with van der Waals surface area (Å²) in [6.45, 7) is -1.10. The maximum Gasteiger partial charge on any atom is 0.422 e. The van der Waals surface area contributed by atoms with Crippen LogP contribution in [0.1, 0.15) is 11.3 Å². The number of alkyl halides is 3. The molecule has 0 unspecified atom stereocenters. The molecule has 0 spiro atoms. The maximum absolute atomic E-state index is 12.3. The smallest absolute Gasteiger partial charge is 0.422 e. The van der Waals surface area contributed by atoms with Crippen LogP contribution in [-0.2, 0) is 17.8 Å². The fraction of sp³-hybridized carbons (Fsp3) is 0.273. The number of nitrogens with one attached hydrogen (secondary N) is 1. The van der Waals surface area contributed by atoms with Crippen LogP contribution in [0.2, 0.25) is 0 Å². The van der Waals surface area contributed by atoms with Crippen molar-refractivity contribution in [2.75, 3.05) is 20.8 Å². The Bertz CT molecular complexity index is 1050. The van der Waals surface area contributed by atoms with Crippen LogP contribution in [-0.4, -0.2) is 37.9 Å². The van der Waals surface area contributed by atoms with E-state index < -0.39 is 12.8 Å². The zero-order valence-electron chi connectivity index (χ0n) is 17.4. The Morgan fingerprint density at radius 3 is 2.44 bits per heavy atom. The predicted octanol–water partition coefficient (Wildman–Crippen LogP) is 4.63. The lowest BCUT2D eigenvalue weighted by Gasteiger charge is -2.10. The van der Waals surface area contributed by atoms with Crippen LogP contribution < -0.4 is 19.5 Å². The molecule has 10 heteroatoms. The van der Waals surface area contributed by atoms with Gasteiger partial charge in [0.05, 0.1) is 26.3 Å². The Morgan fingerprint density at radius 2 is 1.78 bits per heavy atom. The number of halogens is 3. The van der Waals surface area contributed by atoms with Crippen molar-refractivity contribution in [1.82, 2.24) is 10.3 Å². The number of nitrogens with zero attached hydrogens (tertiary/aromatic N) is 1. The lowest BCUT2D eigenvalue weighted by Crippen LogP contribution is -2.24. The molecular weight excluding hydrogens is 445 g/mol. The molecule has 3 aromatic rings. The minimum absolute atomic E-state index is 0.108. The monoisotopic (exact) mass is 466 g/mol. The van der Waals surface area contributed by atoms with Gasteiger partial charge in [0.25, 0.3) is 0 Å². The molecule has 1 amide bonds. The van der Waals surface area contributed by atoms with Crippen LogP contribution in [0.4, 0.5) is 13.2 Å². The number of rotatable bonds is 9. The largest absolute Gasteiger partial charge is 0.493 e. The zero-order valence-corrected chi connectivity index (χ0v) is 18.2. The van der Waals surface area contributed by atoms with Crippen LogP contribution in [0.3, 0.4) is 0 Å². The number of hydrogen-bond acceptors (Lipinski definition) is 6. The highest BCUT2D eigenvalue weighted by molar-refractivity contribution is 7.13. The second kappa shape index (κ2) is 10.4. The number of carbonyl (C=O) groups is 1. The fourth-order valence-electron chi connectivity index (χ4n) is 2.79. The summed E-state index contributed by atoms with van der Waals surface area (Å²) in [7, 11) is 3.12. The number of amides is 1. The third-order valence-electron chi connectivity index (χ3n) is 4.34. The summed E-state index contributed by atoms with van der Waals surface area (Å²) in [4.78, 5) is 16.8. The molecule has 0 bridgehead atoms. The number of hydrogen-bond donors (Lipinski definition) is 1. The first kappa shape index (κ1) is 23.4. The summed E-state index contributed by atoms with van der Waals surface area (Å²) < 4.78 is 51.8. The summed E-state index contributed by atoms with van der Waals surface area (Å²) in [6, 6.07) is 11.6. The Labute approximate surface area is 187 Å². The Balaban J connectivity index is 1.52. The van der Waals surface area contributed by atoms with E-state index in [1.54, 1.807) is 32.4 Å². The summed E-state index contributed by atoms with van der Waals surface area (Å²) in [5.41, 5.74) is 2.22. The maximum atomic E-state index is 12.3. The zero-order chi connectivity index (χ0) is 23.1. The van der Waals surface area contributed by atoms with Crippen LogP contribution in [0.15, 0.2) is 47.8 Å². The number of aromatic nitrogens is 1. The first-order chi connectivity index (χ1) is 15.3. The number of benzene rings is 2. The van der Waals surface area contributed by atoms with Crippen LogP contribution in [0, 0.1) is 0 Å². The van der Waals surface area contributed by atoms with Crippen molar-refractivity contribution in [3.8, 4) is 27.8 Å². The van der Waals surface area contributed by atoms with Gasteiger partial charge in [-0.2, -0.15) is 13.2 Å². The molecule has 6 nitrogen and oxygen atoms in total. The van der Waals surface area contributed by atoms with Crippen molar-refractivity contribution in [2.45, 2.75) is 19.1 Å². The van der Waals surface area contributed by atoms with Gasteiger partial charge in [0.2, 0.25) is 5.91 Å². The molecule has 0 saturated heterocycles. The van der Waals surface area contributed by atoms with Crippen LogP contribution in [0.25, 0.3) is 10.6 Å². The second-order valence-electron chi connectivity index (χ2n) is 6.72. The van der Waals surface area contributed by atoms with Gasteiger partial charge in [-0.3, -0.25) is 4.79 Å². The van der Waals surface area contributed by atoms with Gasteiger partial charge in [-0.05, 0) is 35.9 Å². The minimum Gasteiger partial charge on any atom is -0.493 e. The Morgan fingerprint density at radius 1 is 1.06 bits per heavy atom. The van der Waals surface area contributed by atoms with Crippen molar-refractivity contribution in [3.63, 3.8) is 0 Å². The van der Waals surface area contributed by atoms with E-state index in [4.69, 9.17) is 9.47 Å². The molecule has 3 rings (SSSR count). The predicted molar refractivity (Wildman–Crippen MR) is 114 cm³/mol. The van der Waals surface area contributed by atoms with Gasteiger partial charge in [0.1, 0.15) is 10.8 Å². The highest BCUT2D eigenvalue weighted by Gasteiger charge is 2.28. The molecule has 0 aliphatic carbocycles. The lowest BCUT2D eigenvalue weighted by molar-refractivity contribution is -0.153. The molecule has 0 aliphatic heterocycles. The molecule has 0 fully saturated rings. The van der Waals surface area contributed by atoms with Crippen molar-refractivity contribution < 1.29 is 32.2 Å². The molecule has 2 aromatic carbocycles. The van der Waals surface area contributed by atoms with Gasteiger partial charge in [0.15, 0.2) is 18.1 Å². The molecule has 1 heterocycles. The van der Waals surface area contributed by atoms with Gasteiger partial charge in [-0.25, -0.2) is 4.98 Å². The van der Waals surface area contributed by atoms with Gasteiger partial charge >= 0.3 is 6.18 Å². The quantitative estimate of drug-likeness (QED) is 0.498. The highest BCUT2D eigenvalue weighted by Crippen LogP contribution is 2.33. The van der Waals surface area contributed by atoms with Crippen molar-refractivity contribution in [1.29, 1.82) is 0 Å². The lowest BCUT2D eigenvalue weighted by atomic mass is 10.2. The van der Waals surface area contributed by atoms with E-state index in [-0.39, 0.29) is 24.6 Å². The second-order valence-corrected chi connectivity index (χ2v) is 7.57. The normalized spacial score (nSPS) is 11.2. The third kappa shape index (κ3) is 6.61. The van der Waals surface area contributed by atoms with Gasteiger partial charge < -0.3 is 19.5 Å². The summed E-state index contributed by atoms with van der Waals surface area (Å²) in [5, 5.41) is 5.34. The van der Waals surface area contributed by atoms with Crippen LogP contribution in [0.5, 0.6) is 17.2 Å². The van der Waals surface area contributed by atoms with Gasteiger partial charge in [-0.15, -0.1) is 11.3 Å². The van der Waals surface area contributed by atoms with Gasteiger partial charge in [0, 0.05) is 17.5 Å². The Kier molecular flexibility index (Phi) is 7.57. The number of methoxy groups -OCH3 is 2. The third-order valence-corrected chi connectivity index (χ3v) is 5.28. The van der Waals surface area contributed by atoms with E-state index in [0.717, 1.165) is 16.1 Å². The topological polar surface area (TPSA) is 69.7 Å². The van der Waals surface area contributed by atoms with E-state index >= 15 is 0 Å². The molecule has 1 aromatic heterocycles. The Hall–Kier alpha value is -3.27. The van der Waals surface area contributed by atoms with E-state index in [2.05, 4.69) is 15.0 Å². The van der Waals surface area contributed by atoms with Crippen molar-refractivity contribution in [2.24, 2.45) is 0 Å². The van der Waals surface area contributed by atoms with Crippen LogP contribution >= 0.6 is 11.3 Å². The average Bonchev–Trinajstić information content (AvgIpc) is 3.24. The van der Waals surface area contributed by atoms with Crippen molar-refractivity contribution >= 4 is 17.2 Å². The molecule has 0 saturated carbocycles. The SMILES string of the molecule is COc1ccc(-c2nc(CC(=O)NCc3ccc(OCC(F)(F)F)cc3)cs2)cc1OC. The number of thiazole rings is 1. The number of ether oxygens (including phenoxy) is 3. The summed E-state index contributed by atoms with van der Waals surface area (Å²) >= 11 is 1.42. The molecule has 0 radical (unpaired) electrons. The first-order valence-electron chi connectivity index (χ1n) is 9.49. The van der Waals surface area contributed by atoms with E-state index in [1.807, 2.05) is 17.5 Å². The average molecular weight is 466 g/mol. The molecular formula is C22H21F3N2O4S. The summed E-state index contributed by atoms with van der Waals surface area (Å²) in [6.07, 6.45) is -4.28.